The highest BCUT2D eigenvalue weighted by Crippen LogP contribution is 2.45. The maximum atomic E-state index is 12.4. The molecule has 142 valence electrons. The first-order valence-electron chi connectivity index (χ1n) is 9.83. The van der Waals surface area contributed by atoms with Gasteiger partial charge in [0.2, 0.25) is 5.91 Å². The summed E-state index contributed by atoms with van der Waals surface area (Å²) in [6, 6.07) is 12.4. The number of nitrogens with one attached hydrogen (secondary N) is 1. The van der Waals surface area contributed by atoms with E-state index in [-0.39, 0.29) is 5.91 Å². The van der Waals surface area contributed by atoms with Crippen molar-refractivity contribution >= 4 is 22.2 Å². The van der Waals surface area contributed by atoms with Crippen molar-refractivity contribution in [3.8, 4) is 6.07 Å². The lowest BCUT2D eigenvalue weighted by Crippen LogP contribution is -2.28. The van der Waals surface area contributed by atoms with E-state index in [2.05, 4.69) is 32.2 Å². The van der Waals surface area contributed by atoms with Crippen molar-refractivity contribution in [3.05, 3.63) is 51.9 Å². The first-order valence-corrected chi connectivity index (χ1v) is 10.6. The van der Waals surface area contributed by atoms with E-state index in [1.54, 1.807) is 11.3 Å². The van der Waals surface area contributed by atoms with Gasteiger partial charge in [0.15, 0.2) is 0 Å². The molecule has 4 heteroatoms. The fraction of sp³-hybridized carbons (Fsp3) is 0.478. The summed E-state index contributed by atoms with van der Waals surface area (Å²) >= 11 is 1.61. The lowest BCUT2D eigenvalue weighted by Gasteiger charge is -2.36. The number of fused-ring (bicyclic) bond motifs is 1. The number of aryl methyl sites for hydroxylation is 1. The number of thiophene rings is 1. The van der Waals surface area contributed by atoms with Crippen LogP contribution in [0.15, 0.2) is 30.3 Å². The SMILES string of the molecule is CCC(C)(C)[C@@H]1CCc2c(sc(NC(=O)CCc3ccccc3)c2C#N)C1. The number of nitriles is 1. The topological polar surface area (TPSA) is 52.9 Å². The molecule has 1 aliphatic rings. The number of hydrogen-bond donors (Lipinski definition) is 1. The van der Waals surface area contributed by atoms with Gasteiger partial charge in [-0.3, -0.25) is 4.79 Å². The Morgan fingerprint density at radius 1 is 1.33 bits per heavy atom. The van der Waals surface area contributed by atoms with Gasteiger partial charge in [-0.1, -0.05) is 57.5 Å². The molecule has 1 amide bonds. The molecule has 27 heavy (non-hydrogen) atoms. The molecule has 1 aromatic heterocycles. The summed E-state index contributed by atoms with van der Waals surface area (Å²) in [6.07, 6.45) is 5.40. The summed E-state index contributed by atoms with van der Waals surface area (Å²) in [5.41, 5.74) is 3.33. The Hall–Kier alpha value is -2.12. The Balaban J connectivity index is 1.70. The molecule has 1 aliphatic carbocycles. The Labute approximate surface area is 166 Å². The molecule has 0 saturated heterocycles. The molecule has 0 spiro atoms. The zero-order valence-electron chi connectivity index (χ0n) is 16.5. The molecule has 1 heterocycles. The van der Waals surface area contributed by atoms with Gasteiger partial charge in [0, 0.05) is 11.3 Å². The van der Waals surface area contributed by atoms with Gasteiger partial charge in [0.25, 0.3) is 0 Å². The molecule has 0 unspecified atom stereocenters. The molecule has 0 bridgehead atoms. The average Bonchev–Trinajstić information content (AvgIpc) is 3.03. The zero-order chi connectivity index (χ0) is 19.4. The van der Waals surface area contributed by atoms with Crippen molar-refractivity contribution in [2.75, 3.05) is 5.32 Å². The molecule has 2 aromatic rings. The number of nitrogens with zero attached hydrogens (tertiary/aromatic N) is 1. The number of carbonyl (C=O) groups excluding carboxylic acids is 1. The number of rotatable bonds is 6. The van der Waals surface area contributed by atoms with Crippen LogP contribution in [0.5, 0.6) is 0 Å². The number of hydrogen-bond acceptors (Lipinski definition) is 3. The molecule has 0 saturated carbocycles. The predicted octanol–water partition coefficient (Wildman–Crippen LogP) is 5.73. The van der Waals surface area contributed by atoms with Crippen LogP contribution in [0.4, 0.5) is 5.00 Å². The summed E-state index contributed by atoms with van der Waals surface area (Å²) in [6.45, 7) is 6.94. The van der Waals surface area contributed by atoms with E-state index in [0.29, 0.717) is 29.7 Å². The summed E-state index contributed by atoms with van der Waals surface area (Å²) in [4.78, 5) is 13.7. The molecule has 0 radical (unpaired) electrons. The second-order valence-corrected chi connectivity index (χ2v) is 9.24. The van der Waals surface area contributed by atoms with Crippen LogP contribution in [0.1, 0.15) is 61.6 Å². The van der Waals surface area contributed by atoms with Crippen molar-refractivity contribution < 1.29 is 4.79 Å². The molecule has 0 fully saturated rings. The molecular weight excluding hydrogens is 352 g/mol. The van der Waals surface area contributed by atoms with Crippen LogP contribution < -0.4 is 5.32 Å². The molecular formula is C23H28N2OS. The highest BCUT2D eigenvalue weighted by molar-refractivity contribution is 7.16. The predicted molar refractivity (Wildman–Crippen MR) is 112 cm³/mol. The number of carbonyl (C=O) groups is 1. The Bertz CT molecular complexity index is 845. The number of amides is 1. The van der Waals surface area contributed by atoms with Gasteiger partial charge in [-0.25, -0.2) is 0 Å². The van der Waals surface area contributed by atoms with Gasteiger partial charge in [-0.2, -0.15) is 5.26 Å². The van der Waals surface area contributed by atoms with Crippen LogP contribution in [0.3, 0.4) is 0 Å². The van der Waals surface area contributed by atoms with Crippen LogP contribution in [0.2, 0.25) is 0 Å². The third kappa shape index (κ3) is 4.42. The molecule has 3 rings (SSSR count). The lowest BCUT2D eigenvalue weighted by atomic mass is 9.69. The minimum Gasteiger partial charge on any atom is -0.317 e. The van der Waals surface area contributed by atoms with E-state index in [1.807, 2.05) is 30.3 Å². The fourth-order valence-corrected chi connectivity index (χ4v) is 5.13. The minimum absolute atomic E-state index is 0.0145. The summed E-state index contributed by atoms with van der Waals surface area (Å²) in [5.74, 6) is 0.626. The summed E-state index contributed by atoms with van der Waals surface area (Å²) < 4.78 is 0. The van der Waals surface area contributed by atoms with E-state index in [0.717, 1.165) is 36.2 Å². The smallest absolute Gasteiger partial charge is 0.225 e. The van der Waals surface area contributed by atoms with Crippen LogP contribution >= 0.6 is 11.3 Å². The number of anilines is 1. The van der Waals surface area contributed by atoms with Crippen molar-refractivity contribution in [1.82, 2.24) is 0 Å². The molecule has 1 atom stereocenters. The molecule has 3 nitrogen and oxygen atoms in total. The fourth-order valence-electron chi connectivity index (χ4n) is 3.84. The van der Waals surface area contributed by atoms with E-state index < -0.39 is 0 Å². The summed E-state index contributed by atoms with van der Waals surface area (Å²) in [5, 5.41) is 13.4. The zero-order valence-corrected chi connectivity index (χ0v) is 17.3. The van der Waals surface area contributed by atoms with E-state index >= 15 is 0 Å². The van der Waals surface area contributed by atoms with Crippen molar-refractivity contribution in [2.45, 2.75) is 59.3 Å². The Morgan fingerprint density at radius 3 is 2.74 bits per heavy atom. The quantitative estimate of drug-likeness (QED) is 0.695. The van der Waals surface area contributed by atoms with Gasteiger partial charge in [-0.05, 0) is 48.1 Å². The van der Waals surface area contributed by atoms with E-state index in [4.69, 9.17) is 0 Å². The van der Waals surface area contributed by atoms with Crippen LogP contribution in [-0.2, 0) is 24.1 Å². The van der Waals surface area contributed by atoms with Gasteiger partial charge in [0.1, 0.15) is 11.1 Å². The van der Waals surface area contributed by atoms with Crippen molar-refractivity contribution in [2.24, 2.45) is 11.3 Å². The van der Waals surface area contributed by atoms with E-state index in [9.17, 15) is 10.1 Å². The second kappa shape index (κ2) is 8.27. The van der Waals surface area contributed by atoms with Gasteiger partial charge in [0.05, 0.1) is 5.56 Å². The molecule has 0 aliphatic heterocycles. The maximum absolute atomic E-state index is 12.4. The second-order valence-electron chi connectivity index (χ2n) is 8.14. The van der Waals surface area contributed by atoms with Crippen LogP contribution in [0.25, 0.3) is 0 Å². The standard InChI is InChI=1S/C23H28N2OS/c1-4-23(2,3)17-11-12-18-19(15-24)22(27-20(18)14-17)25-21(26)13-10-16-8-6-5-7-9-16/h5-9,17H,4,10-14H2,1-3H3,(H,25,26)/t17-/m1/s1. The van der Waals surface area contributed by atoms with Gasteiger partial charge >= 0.3 is 0 Å². The minimum atomic E-state index is -0.0145. The molecule has 1 aromatic carbocycles. The van der Waals surface area contributed by atoms with Crippen molar-refractivity contribution in [3.63, 3.8) is 0 Å². The van der Waals surface area contributed by atoms with E-state index in [1.165, 1.54) is 10.4 Å². The monoisotopic (exact) mass is 380 g/mol. The Morgan fingerprint density at radius 2 is 2.07 bits per heavy atom. The normalized spacial score (nSPS) is 16.4. The first kappa shape index (κ1) is 19.6. The largest absolute Gasteiger partial charge is 0.317 e. The van der Waals surface area contributed by atoms with Gasteiger partial charge in [-0.15, -0.1) is 11.3 Å². The third-order valence-electron chi connectivity index (χ3n) is 6.13. The first-order chi connectivity index (χ1) is 12.9. The van der Waals surface area contributed by atoms with Crippen LogP contribution in [0, 0.1) is 22.7 Å². The summed E-state index contributed by atoms with van der Waals surface area (Å²) in [7, 11) is 0. The molecule has 1 N–H and O–H groups in total. The highest BCUT2D eigenvalue weighted by atomic mass is 32.1. The van der Waals surface area contributed by atoms with Crippen LogP contribution in [-0.4, -0.2) is 5.91 Å². The highest BCUT2D eigenvalue weighted by Gasteiger charge is 2.34. The third-order valence-corrected chi connectivity index (χ3v) is 7.30. The Kier molecular flexibility index (Phi) is 6.01. The number of benzene rings is 1. The average molecular weight is 381 g/mol. The maximum Gasteiger partial charge on any atom is 0.225 e. The van der Waals surface area contributed by atoms with Gasteiger partial charge < -0.3 is 5.32 Å². The van der Waals surface area contributed by atoms with Crippen molar-refractivity contribution in [1.29, 1.82) is 5.26 Å². The lowest BCUT2D eigenvalue weighted by molar-refractivity contribution is -0.116.